The van der Waals surface area contributed by atoms with E-state index >= 15 is 0 Å². The number of hydrogen-bond donors (Lipinski definition) is 2. The monoisotopic (exact) mass is 250 g/mol. The highest BCUT2D eigenvalue weighted by molar-refractivity contribution is 5.94. The smallest absolute Gasteiger partial charge is 0.251 e. The van der Waals surface area contributed by atoms with Gasteiger partial charge in [-0.3, -0.25) is 4.79 Å². The molecular formula is C14H22N2O2. The Balaban J connectivity index is 2.59. The van der Waals surface area contributed by atoms with Gasteiger partial charge in [-0.25, -0.2) is 0 Å². The first kappa shape index (κ1) is 14.5. The van der Waals surface area contributed by atoms with Crippen molar-refractivity contribution in [1.29, 1.82) is 0 Å². The van der Waals surface area contributed by atoms with Gasteiger partial charge in [0.05, 0.1) is 6.61 Å². The van der Waals surface area contributed by atoms with Crippen LogP contribution in [0.25, 0.3) is 0 Å². The summed E-state index contributed by atoms with van der Waals surface area (Å²) in [7, 11) is 1.68. The molecule has 0 aliphatic carbocycles. The lowest BCUT2D eigenvalue weighted by molar-refractivity contribution is 0.0943. The molecule has 0 aliphatic rings. The van der Waals surface area contributed by atoms with Crippen LogP contribution in [0, 0.1) is 0 Å². The predicted octanol–water partition coefficient (Wildman–Crippen LogP) is 2.27. The van der Waals surface area contributed by atoms with Crippen LogP contribution >= 0.6 is 0 Å². The van der Waals surface area contributed by atoms with Crippen molar-refractivity contribution in [2.24, 2.45) is 0 Å². The number of hydrogen-bond acceptors (Lipinski definition) is 3. The Kier molecular flexibility index (Phi) is 5.65. The quantitative estimate of drug-likeness (QED) is 0.814. The Hall–Kier alpha value is -1.55. The van der Waals surface area contributed by atoms with E-state index in [4.69, 9.17) is 4.74 Å². The second-order valence-corrected chi connectivity index (χ2v) is 4.71. The summed E-state index contributed by atoms with van der Waals surface area (Å²) in [6, 6.07) is 7.84. The van der Waals surface area contributed by atoms with E-state index in [1.54, 1.807) is 7.11 Å². The van der Waals surface area contributed by atoms with E-state index < -0.39 is 0 Å². The molecule has 0 aliphatic heterocycles. The van der Waals surface area contributed by atoms with Crippen LogP contribution in [0.3, 0.4) is 0 Å². The summed E-state index contributed by atoms with van der Waals surface area (Å²) in [6.45, 7) is 6.58. The molecule has 4 heteroatoms. The molecule has 1 unspecified atom stereocenters. The zero-order chi connectivity index (χ0) is 13.5. The molecule has 1 atom stereocenters. The van der Waals surface area contributed by atoms with Crippen molar-refractivity contribution in [3.8, 4) is 0 Å². The van der Waals surface area contributed by atoms with Gasteiger partial charge in [-0.1, -0.05) is 0 Å². The molecule has 18 heavy (non-hydrogen) atoms. The molecule has 0 aromatic heterocycles. The molecule has 1 amide bonds. The SMILES string of the molecule is COCC(C)Nc1ccc(C(=O)NC(C)C)cc1. The van der Waals surface area contributed by atoms with Gasteiger partial charge in [-0.05, 0) is 45.0 Å². The standard InChI is InChI=1S/C14H22N2O2/c1-10(2)15-14(17)12-5-7-13(8-6-12)16-11(3)9-18-4/h5-8,10-11,16H,9H2,1-4H3,(H,15,17). The van der Waals surface area contributed by atoms with Crippen LogP contribution in [-0.4, -0.2) is 31.7 Å². The van der Waals surface area contributed by atoms with Crippen molar-refractivity contribution in [2.75, 3.05) is 19.0 Å². The molecule has 1 aromatic rings. The van der Waals surface area contributed by atoms with E-state index in [0.29, 0.717) is 12.2 Å². The van der Waals surface area contributed by atoms with Crippen LogP contribution < -0.4 is 10.6 Å². The van der Waals surface area contributed by atoms with E-state index in [9.17, 15) is 4.79 Å². The van der Waals surface area contributed by atoms with Gasteiger partial charge in [0.2, 0.25) is 0 Å². The lowest BCUT2D eigenvalue weighted by atomic mass is 10.1. The Morgan fingerprint density at radius 3 is 2.33 bits per heavy atom. The van der Waals surface area contributed by atoms with E-state index in [1.165, 1.54) is 0 Å². The molecule has 1 aromatic carbocycles. The number of anilines is 1. The number of carbonyl (C=O) groups excluding carboxylic acids is 1. The zero-order valence-electron chi connectivity index (χ0n) is 11.5. The minimum Gasteiger partial charge on any atom is -0.383 e. The van der Waals surface area contributed by atoms with Crippen molar-refractivity contribution in [3.63, 3.8) is 0 Å². The average molecular weight is 250 g/mol. The molecule has 2 N–H and O–H groups in total. The Morgan fingerprint density at radius 2 is 1.83 bits per heavy atom. The molecule has 0 heterocycles. The molecule has 1 rings (SSSR count). The van der Waals surface area contributed by atoms with E-state index in [2.05, 4.69) is 10.6 Å². The lowest BCUT2D eigenvalue weighted by Gasteiger charge is -2.14. The summed E-state index contributed by atoms with van der Waals surface area (Å²) in [5.74, 6) is -0.0403. The second-order valence-electron chi connectivity index (χ2n) is 4.71. The molecule has 100 valence electrons. The maximum absolute atomic E-state index is 11.7. The largest absolute Gasteiger partial charge is 0.383 e. The van der Waals surface area contributed by atoms with Gasteiger partial charge in [0, 0.05) is 30.4 Å². The van der Waals surface area contributed by atoms with E-state index in [-0.39, 0.29) is 18.0 Å². The average Bonchev–Trinajstić information content (AvgIpc) is 2.29. The number of rotatable bonds is 6. The van der Waals surface area contributed by atoms with Crippen molar-refractivity contribution in [1.82, 2.24) is 5.32 Å². The summed E-state index contributed by atoms with van der Waals surface area (Å²) in [6.07, 6.45) is 0. The lowest BCUT2D eigenvalue weighted by Crippen LogP contribution is -2.30. The Labute approximate surface area is 109 Å². The highest BCUT2D eigenvalue weighted by atomic mass is 16.5. The third-order valence-corrected chi connectivity index (χ3v) is 2.40. The fourth-order valence-electron chi connectivity index (χ4n) is 1.64. The van der Waals surface area contributed by atoms with Crippen LogP contribution in [0.15, 0.2) is 24.3 Å². The highest BCUT2D eigenvalue weighted by Crippen LogP contribution is 2.11. The summed E-state index contributed by atoms with van der Waals surface area (Å²) in [5, 5.41) is 6.15. The van der Waals surface area contributed by atoms with Crippen molar-refractivity contribution in [3.05, 3.63) is 29.8 Å². The molecule has 0 fully saturated rings. The van der Waals surface area contributed by atoms with Gasteiger partial charge in [-0.2, -0.15) is 0 Å². The molecular weight excluding hydrogens is 228 g/mol. The fraction of sp³-hybridized carbons (Fsp3) is 0.500. The first-order chi connectivity index (χ1) is 8.52. The minimum atomic E-state index is -0.0403. The second kappa shape index (κ2) is 7.01. The molecule has 4 nitrogen and oxygen atoms in total. The Bertz CT molecular complexity index is 374. The van der Waals surface area contributed by atoms with Gasteiger partial charge in [-0.15, -0.1) is 0 Å². The van der Waals surface area contributed by atoms with Crippen LogP contribution in [-0.2, 0) is 4.74 Å². The first-order valence-electron chi connectivity index (χ1n) is 6.19. The van der Waals surface area contributed by atoms with Crippen LogP contribution in [0.1, 0.15) is 31.1 Å². The number of amides is 1. The number of methoxy groups -OCH3 is 1. The molecule has 0 spiro atoms. The fourth-order valence-corrected chi connectivity index (χ4v) is 1.64. The minimum absolute atomic E-state index is 0.0403. The van der Waals surface area contributed by atoms with Gasteiger partial charge in [0.25, 0.3) is 5.91 Å². The Morgan fingerprint density at radius 1 is 1.22 bits per heavy atom. The van der Waals surface area contributed by atoms with Crippen LogP contribution in [0.2, 0.25) is 0 Å². The first-order valence-corrected chi connectivity index (χ1v) is 6.19. The zero-order valence-corrected chi connectivity index (χ0v) is 11.5. The number of benzene rings is 1. The van der Waals surface area contributed by atoms with Crippen LogP contribution in [0.4, 0.5) is 5.69 Å². The van der Waals surface area contributed by atoms with Gasteiger partial charge in [0.15, 0.2) is 0 Å². The molecule has 0 saturated carbocycles. The number of carbonyl (C=O) groups is 1. The van der Waals surface area contributed by atoms with Gasteiger partial charge in [0.1, 0.15) is 0 Å². The third kappa shape index (κ3) is 4.75. The summed E-state index contributed by atoms with van der Waals surface area (Å²) >= 11 is 0. The summed E-state index contributed by atoms with van der Waals surface area (Å²) in [5.41, 5.74) is 1.66. The topological polar surface area (TPSA) is 50.4 Å². The van der Waals surface area contributed by atoms with Crippen molar-refractivity contribution < 1.29 is 9.53 Å². The van der Waals surface area contributed by atoms with Crippen molar-refractivity contribution in [2.45, 2.75) is 32.9 Å². The van der Waals surface area contributed by atoms with Crippen molar-refractivity contribution >= 4 is 11.6 Å². The maximum atomic E-state index is 11.7. The highest BCUT2D eigenvalue weighted by Gasteiger charge is 2.07. The normalized spacial score (nSPS) is 12.3. The van der Waals surface area contributed by atoms with E-state index in [0.717, 1.165) is 5.69 Å². The summed E-state index contributed by atoms with van der Waals surface area (Å²) < 4.78 is 5.05. The molecule has 0 saturated heterocycles. The summed E-state index contributed by atoms with van der Waals surface area (Å²) in [4.78, 5) is 11.7. The number of nitrogens with one attached hydrogen (secondary N) is 2. The van der Waals surface area contributed by atoms with Crippen LogP contribution in [0.5, 0.6) is 0 Å². The maximum Gasteiger partial charge on any atom is 0.251 e. The van der Waals surface area contributed by atoms with E-state index in [1.807, 2.05) is 45.0 Å². The van der Waals surface area contributed by atoms with Gasteiger partial charge >= 0.3 is 0 Å². The molecule has 0 bridgehead atoms. The third-order valence-electron chi connectivity index (χ3n) is 2.40. The van der Waals surface area contributed by atoms with Gasteiger partial charge < -0.3 is 15.4 Å². The predicted molar refractivity (Wildman–Crippen MR) is 74.0 cm³/mol. The number of ether oxygens (including phenoxy) is 1. The molecule has 0 radical (unpaired) electrons.